The Bertz CT molecular complexity index is 1240. The number of anilines is 1. The first kappa shape index (κ1) is 22.4. The minimum Gasteiger partial charge on any atom is -0.497 e. The van der Waals surface area contributed by atoms with Gasteiger partial charge in [0.25, 0.3) is 0 Å². The molecule has 0 bridgehead atoms. The van der Waals surface area contributed by atoms with Crippen LogP contribution < -0.4 is 25.8 Å². The molecule has 0 radical (unpaired) electrons. The molecule has 174 valence electrons. The van der Waals surface area contributed by atoms with E-state index in [1.165, 1.54) is 11.8 Å². The maximum atomic E-state index is 13.5. The van der Waals surface area contributed by atoms with Crippen LogP contribution in [0.5, 0.6) is 5.75 Å². The number of carbonyl (C=O) groups excluding carboxylic acids is 2. The van der Waals surface area contributed by atoms with Gasteiger partial charge in [-0.1, -0.05) is 60.3 Å². The number of methoxy groups -OCH3 is 1. The Morgan fingerprint density at radius 3 is 2.76 bits per heavy atom. The minimum atomic E-state index is -0.344. The van der Waals surface area contributed by atoms with Gasteiger partial charge in [0, 0.05) is 18.5 Å². The number of hydrazine groups is 1. The van der Waals surface area contributed by atoms with Crippen LogP contribution in [-0.2, 0) is 16.1 Å². The maximum Gasteiger partial charge on any atom is 0.241 e. The minimum absolute atomic E-state index is 0.0324. The quantitative estimate of drug-likeness (QED) is 0.508. The molecule has 2 atom stereocenters. The topological polar surface area (TPSA) is 95.1 Å². The molecule has 9 heteroatoms. The second kappa shape index (κ2) is 9.84. The van der Waals surface area contributed by atoms with Crippen LogP contribution in [0, 0.1) is 5.92 Å². The predicted molar refractivity (Wildman–Crippen MR) is 135 cm³/mol. The summed E-state index contributed by atoms with van der Waals surface area (Å²) in [7, 11) is 1.62. The van der Waals surface area contributed by atoms with Crippen molar-refractivity contribution < 1.29 is 14.3 Å². The highest BCUT2D eigenvalue weighted by Crippen LogP contribution is 2.34. The molecule has 2 aliphatic rings. The third kappa shape index (κ3) is 4.50. The smallest absolute Gasteiger partial charge is 0.241 e. The van der Waals surface area contributed by atoms with E-state index in [-0.39, 0.29) is 29.7 Å². The summed E-state index contributed by atoms with van der Waals surface area (Å²) in [5.41, 5.74) is 7.85. The molecule has 2 amide bonds. The van der Waals surface area contributed by atoms with E-state index < -0.39 is 0 Å². The van der Waals surface area contributed by atoms with E-state index in [9.17, 15) is 9.59 Å². The van der Waals surface area contributed by atoms with E-state index in [2.05, 4.69) is 16.2 Å². The van der Waals surface area contributed by atoms with Crippen molar-refractivity contribution in [2.45, 2.75) is 12.7 Å². The lowest BCUT2D eigenvalue weighted by molar-refractivity contribution is -0.121. The second-order valence-electron chi connectivity index (χ2n) is 8.07. The molecule has 2 heterocycles. The van der Waals surface area contributed by atoms with Crippen molar-refractivity contribution in [2.24, 2.45) is 10.9 Å². The van der Waals surface area contributed by atoms with Crippen molar-refractivity contribution in [1.82, 2.24) is 16.2 Å². The number of thioether (sulfide) groups is 1. The third-order valence-electron chi connectivity index (χ3n) is 5.92. The number of nitrogens with zero attached hydrogens (tertiary/aromatic N) is 2. The Hall–Kier alpha value is -3.40. The molecule has 2 aliphatic heterocycles. The van der Waals surface area contributed by atoms with Crippen LogP contribution in [0.1, 0.15) is 5.56 Å². The second-order valence-corrected chi connectivity index (χ2v) is 9.02. The molecule has 3 aromatic rings. The first-order valence-electron chi connectivity index (χ1n) is 11.0. The molecule has 3 aromatic carbocycles. The average Bonchev–Trinajstić information content (AvgIpc) is 3.35. The van der Waals surface area contributed by atoms with Crippen molar-refractivity contribution in [2.75, 3.05) is 24.3 Å². The number of amidine groups is 1. The molecule has 0 aliphatic carbocycles. The normalized spacial score (nSPS) is 19.6. The van der Waals surface area contributed by atoms with Gasteiger partial charge in [0.1, 0.15) is 11.9 Å². The number of ether oxygens (including phenoxy) is 1. The molecule has 0 spiro atoms. The molecular formula is C25H25N5O3S. The molecule has 0 aromatic heterocycles. The van der Waals surface area contributed by atoms with E-state index in [4.69, 9.17) is 9.73 Å². The zero-order valence-electron chi connectivity index (χ0n) is 18.7. The molecule has 0 saturated carbocycles. The number of hydrogen-bond acceptors (Lipinski definition) is 7. The zero-order chi connectivity index (χ0) is 23.5. The van der Waals surface area contributed by atoms with Crippen molar-refractivity contribution in [3.05, 3.63) is 72.3 Å². The average molecular weight is 476 g/mol. The summed E-state index contributed by atoms with van der Waals surface area (Å²) in [5, 5.41) is 5.45. The summed E-state index contributed by atoms with van der Waals surface area (Å²) in [6.07, 6.45) is -0.344. The summed E-state index contributed by atoms with van der Waals surface area (Å²) in [4.78, 5) is 32.6. The Morgan fingerprint density at radius 1 is 1.15 bits per heavy atom. The monoisotopic (exact) mass is 475 g/mol. The Labute approximate surface area is 201 Å². The highest BCUT2D eigenvalue weighted by Gasteiger charge is 2.42. The fraction of sp³-hybridized carbons (Fsp3) is 0.240. The van der Waals surface area contributed by atoms with E-state index in [0.717, 1.165) is 27.8 Å². The molecule has 34 heavy (non-hydrogen) atoms. The van der Waals surface area contributed by atoms with E-state index in [1.54, 1.807) is 12.0 Å². The third-order valence-corrected chi connectivity index (χ3v) is 6.87. The lowest BCUT2D eigenvalue weighted by Crippen LogP contribution is -2.49. The maximum absolute atomic E-state index is 13.5. The van der Waals surface area contributed by atoms with Gasteiger partial charge in [-0.15, -0.1) is 0 Å². The number of hydrogen-bond donors (Lipinski definition) is 3. The van der Waals surface area contributed by atoms with Crippen LogP contribution in [-0.4, -0.2) is 42.6 Å². The van der Waals surface area contributed by atoms with Gasteiger partial charge in [0.2, 0.25) is 11.8 Å². The van der Waals surface area contributed by atoms with Gasteiger partial charge >= 0.3 is 0 Å². The van der Waals surface area contributed by atoms with Gasteiger partial charge in [-0.3, -0.25) is 19.9 Å². The Kier molecular flexibility index (Phi) is 6.48. The van der Waals surface area contributed by atoms with Gasteiger partial charge in [0.15, 0.2) is 5.17 Å². The number of rotatable bonds is 6. The highest BCUT2D eigenvalue weighted by atomic mass is 32.2. The molecule has 3 N–H and O–H groups in total. The van der Waals surface area contributed by atoms with E-state index >= 15 is 0 Å². The van der Waals surface area contributed by atoms with Crippen LogP contribution in [0.2, 0.25) is 0 Å². The number of benzene rings is 3. The Balaban J connectivity index is 1.33. The number of amides is 2. The van der Waals surface area contributed by atoms with Crippen LogP contribution >= 0.6 is 11.8 Å². The van der Waals surface area contributed by atoms with Crippen LogP contribution in [0.4, 0.5) is 5.69 Å². The van der Waals surface area contributed by atoms with Crippen LogP contribution in [0.3, 0.4) is 0 Å². The summed E-state index contributed by atoms with van der Waals surface area (Å²) in [6.45, 7) is 0.923. The first-order chi connectivity index (χ1) is 16.6. The fourth-order valence-corrected chi connectivity index (χ4v) is 4.99. The van der Waals surface area contributed by atoms with Gasteiger partial charge in [-0.25, -0.2) is 10.4 Å². The highest BCUT2D eigenvalue weighted by molar-refractivity contribution is 8.14. The van der Waals surface area contributed by atoms with Crippen molar-refractivity contribution in [1.29, 1.82) is 0 Å². The van der Waals surface area contributed by atoms with Crippen molar-refractivity contribution >= 4 is 45.2 Å². The lowest BCUT2D eigenvalue weighted by Gasteiger charge is -2.33. The molecule has 1 saturated heterocycles. The summed E-state index contributed by atoms with van der Waals surface area (Å²) in [6, 6.07) is 21.4. The molecular weight excluding hydrogens is 450 g/mol. The predicted octanol–water partition coefficient (Wildman–Crippen LogP) is 2.65. The number of carbonyl (C=O) groups is 2. The van der Waals surface area contributed by atoms with E-state index in [1.807, 2.05) is 66.7 Å². The Morgan fingerprint density at radius 2 is 1.94 bits per heavy atom. The molecule has 1 fully saturated rings. The molecule has 5 rings (SSSR count). The zero-order valence-corrected chi connectivity index (χ0v) is 19.5. The molecule has 2 unspecified atom stereocenters. The standard InChI is InChI=1S/C25H25N5O3S/c1-33-18-11-9-16(10-12-18)13-26-22(31)15-34-25-28-23-20(14-27-29-23)24(32)30(25)21-8-4-6-17-5-2-3-7-19(17)21/h2-12,20,23,27,29H,13-15H2,1H3,(H,26,31). The first-order valence-corrected chi connectivity index (χ1v) is 12.0. The number of aliphatic imine (C=N–C) groups is 1. The van der Waals surface area contributed by atoms with E-state index in [0.29, 0.717) is 18.3 Å². The largest absolute Gasteiger partial charge is 0.497 e. The van der Waals surface area contributed by atoms with Crippen LogP contribution in [0.25, 0.3) is 10.8 Å². The van der Waals surface area contributed by atoms with Crippen molar-refractivity contribution in [3.8, 4) is 5.75 Å². The number of fused-ring (bicyclic) bond motifs is 2. The summed E-state index contributed by atoms with van der Waals surface area (Å²) >= 11 is 1.27. The summed E-state index contributed by atoms with van der Waals surface area (Å²) < 4.78 is 5.17. The van der Waals surface area contributed by atoms with Gasteiger partial charge in [-0.2, -0.15) is 0 Å². The fourth-order valence-electron chi connectivity index (χ4n) is 4.12. The lowest BCUT2D eigenvalue weighted by atomic mass is 10.0. The van der Waals surface area contributed by atoms with Gasteiger partial charge < -0.3 is 10.1 Å². The van der Waals surface area contributed by atoms with Crippen LogP contribution in [0.15, 0.2) is 71.7 Å². The van der Waals surface area contributed by atoms with Gasteiger partial charge in [0.05, 0.1) is 24.5 Å². The molecule has 8 nitrogen and oxygen atoms in total. The summed E-state index contributed by atoms with van der Waals surface area (Å²) in [5.74, 6) is 0.456. The van der Waals surface area contributed by atoms with Crippen molar-refractivity contribution in [3.63, 3.8) is 0 Å². The number of nitrogens with one attached hydrogen (secondary N) is 3. The SMILES string of the molecule is COc1ccc(CNC(=O)CSC2=NC3NNCC3C(=O)N2c2cccc3ccccc23)cc1. The van der Waals surface area contributed by atoms with Gasteiger partial charge in [-0.05, 0) is 29.1 Å².